The Balaban J connectivity index is 1.33. The Bertz CT molecular complexity index is 956. The first kappa shape index (κ1) is 20.3. The van der Waals surface area contributed by atoms with Crippen molar-refractivity contribution >= 4 is 17.5 Å². The number of fused-ring (bicyclic) bond motifs is 1. The number of aryl methyl sites for hydroxylation is 2. The van der Waals surface area contributed by atoms with Crippen molar-refractivity contribution in [2.75, 3.05) is 32.6 Å². The fourth-order valence-corrected chi connectivity index (χ4v) is 4.36. The van der Waals surface area contributed by atoms with Crippen LogP contribution in [0.3, 0.4) is 0 Å². The van der Waals surface area contributed by atoms with Gasteiger partial charge < -0.3 is 19.7 Å². The summed E-state index contributed by atoms with van der Waals surface area (Å²) in [6.45, 7) is 1.04. The van der Waals surface area contributed by atoms with E-state index in [1.807, 2.05) is 24.3 Å². The molecule has 1 heterocycles. The number of methoxy groups -OCH3 is 2. The molecule has 1 aliphatic heterocycles. The molecule has 1 saturated heterocycles. The predicted molar refractivity (Wildman–Crippen MR) is 115 cm³/mol. The number of hydrogen-bond donors (Lipinski definition) is 1. The molecule has 0 bridgehead atoms. The van der Waals surface area contributed by atoms with E-state index in [1.54, 1.807) is 19.1 Å². The highest BCUT2D eigenvalue weighted by atomic mass is 16.5. The third-order valence-corrected chi connectivity index (χ3v) is 6.07. The number of ether oxygens (including phenoxy) is 2. The van der Waals surface area contributed by atoms with Crippen molar-refractivity contribution in [3.05, 3.63) is 53.1 Å². The SMILES string of the molecule is COc1ccc(CCN2CC(C(=O)Nc3ccc4c(c3)CCC4)CC2=O)cc1OC. The molecule has 1 N–H and O–H groups in total. The highest BCUT2D eigenvalue weighted by molar-refractivity contribution is 5.97. The first-order chi connectivity index (χ1) is 14.6. The van der Waals surface area contributed by atoms with Gasteiger partial charge in [0.25, 0.3) is 0 Å². The summed E-state index contributed by atoms with van der Waals surface area (Å²) in [5.74, 6) is 1.01. The highest BCUT2D eigenvalue weighted by Crippen LogP contribution is 2.29. The molecule has 2 aromatic rings. The topological polar surface area (TPSA) is 67.9 Å². The third kappa shape index (κ3) is 4.27. The van der Waals surface area contributed by atoms with Crippen LogP contribution >= 0.6 is 0 Å². The minimum absolute atomic E-state index is 0.0320. The van der Waals surface area contributed by atoms with Crippen molar-refractivity contribution in [3.8, 4) is 11.5 Å². The molecule has 0 saturated carbocycles. The van der Waals surface area contributed by atoms with Crippen LogP contribution in [0.1, 0.15) is 29.5 Å². The van der Waals surface area contributed by atoms with E-state index >= 15 is 0 Å². The largest absolute Gasteiger partial charge is 0.493 e. The lowest BCUT2D eigenvalue weighted by Crippen LogP contribution is -2.30. The lowest BCUT2D eigenvalue weighted by Gasteiger charge is -2.17. The van der Waals surface area contributed by atoms with Gasteiger partial charge in [-0.05, 0) is 66.6 Å². The third-order valence-electron chi connectivity index (χ3n) is 6.07. The van der Waals surface area contributed by atoms with Gasteiger partial charge in [0.2, 0.25) is 11.8 Å². The van der Waals surface area contributed by atoms with Crippen molar-refractivity contribution in [2.24, 2.45) is 5.92 Å². The number of carbonyl (C=O) groups excluding carboxylic acids is 2. The molecule has 2 amide bonds. The summed E-state index contributed by atoms with van der Waals surface area (Å²) in [5, 5.41) is 3.01. The smallest absolute Gasteiger partial charge is 0.229 e. The average Bonchev–Trinajstić information content (AvgIpc) is 3.38. The van der Waals surface area contributed by atoms with E-state index in [0.717, 1.165) is 24.1 Å². The molecule has 30 heavy (non-hydrogen) atoms. The second-order valence-electron chi connectivity index (χ2n) is 8.01. The van der Waals surface area contributed by atoms with Crippen LogP contribution in [0.4, 0.5) is 5.69 Å². The highest BCUT2D eigenvalue weighted by Gasteiger charge is 2.34. The second kappa shape index (κ2) is 8.78. The maximum absolute atomic E-state index is 12.7. The molecular weight excluding hydrogens is 380 g/mol. The van der Waals surface area contributed by atoms with E-state index in [-0.39, 0.29) is 24.2 Å². The summed E-state index contributed by atoms with van der Waals surface area (Å²) in [4.78, 5) is 26.9. The molecule has 0 spiro atoms. The van der Waals surface area contributed by atoms with Gasteiger partial charge in [-0.25, -0.2) is 0 Å². The number of benzene rings is 2. The molecule has 1 fully saturated rings. The minimum atomic E-state index is -0.309. The van der Waals surface area contributed by atoms with Gasteiger partial charge in [-0.1, -0.05) is 12.1 Å². The quantitative estimate of drug-likeness (QED) is 0.764. The molecule has 6 nitrogen and oxygen atoms in total. The molecule has 0 radical (unpaired) electrons. The van der Waals surface area contributed by atoms with Crippen LogP contribution in [-0.2, 0) is 28.9 Å². The second-order valence-corrected chi connectivity index (χ2v) is 8.01. The summed E-state index contributed by atoms with van der Waals surface area (Å²) in [6.07, 6.45) is 4.34. The van der Waals surface area contributed by atoms with Gasteiger partial charge in [0.1, 0.15) is 0 Å². The fourth-order valence-electron chi connectivity index (χ4n) is 4.36. The maximum Gasteiger partial charge on any atom is 0.229 e. The van der Waals surface area contributed by atoms with E-state index in [4.69, 9.17) is 9.47 Å². The Morgan fingerprint density at radius 3 is 2.67 bits per heavy atom. The molecule has 4 rings (SSSR count). The molecule has 2 aromatic carbocycles. The van der Waals surface area contributed by atoms with E-state index in [1.165, 1.54) is 17.5 Å². The Hall–Kier alpha value is -3.02. The number of carbonyl (C=O) groups is 2. The van der Waals surface area contributed by atoms with Crippen molar-refractivity contribution in [1.29, 1.82) is 0 Å². The molecule has 2 aliphatic rings. The lowest BCUT2D eigenvalue weighted by atomic mass is 10.1. The average molecular weight is 408 g/mol. The molecule has 1 aliphatic carbocycles. The number of nitrogens with zero attached hydrogens (tertiary/aromatic N) is 1. The monoisotopic (exact) mass is 408 g/mol. The summed E-state index contributed by atoms with van der Waals surface area (Å²) in [7, 11) is 3.21. The van der Waals surface area contributed by atoms with Crippen LogP contribution in [0, 0.1) is 5.92 Å². The number of nitrogens with one attached hydrogen (secondary N) is 1. The van der Waals surface area contributed by atoms with Crippen LogP contribution in [-0.4, -0.2) is 44.0 Å². The fraction of sp³-hybridized carbons (Fsp3) is 0.417. The minimum Gasteiger partial charge on any atom is -0.493 e. The zero-order chi connectivity index (χ0) is 21.1. The van der Waals surface area contributed by atoms with Crippen LogP contribution in [0.25, 0.3) is 0 Å². The number of hydrogen-bond acceptors (Lipinski definition) is 4. The molecule has 6 heteroatoms. The Kier molecular flexibility index (Phi) is 5.93. The van der Waals surface area contributed by atoms with Crippen molar-refractivity contribution in [2.45, 2.75) is 32.1 Å². The van der Waals surface area contributed by atoms with Crippen molar-refractivity contribution < 1.29 is 19.1 Å². The maximum atomic E-state index is 12.7. The first-order valence-corrected chi connectivity index (χ1v) is 10.5. The Morgan fingerprint density at radius 2 is 1.87 bits per heavy atom. The first-order valence-electron chi connectivity index (χ1n) is 10.5. The van der Waals surface area contributed by atoms with Crippen LogP contribution < -0.4 is 14.8 Å². The van der Waals surface area contributed by atoms with E-state index in [9.17, 15) is 9.59 Å². The van der Waals surface area contributed by atoms with Gasteiger partial charge >= 0.3 is 0 Å². The molecule has 1 atom stereocenters. The summed E-state index contributed by atoms with van der Waals surface area (Å²) in [5.41, 5.74) is 4.60. The van der Waals surface area contributed by atoms with Crippen LogP contribution in [0.15, 0.2) is 36.4 Å². The molecular formula is C24H28N2O4. The van der Waals surface area contributed by atoms with Crippen LogP contribution in [0.2, 0.25) is 0 Å². The number of amides is 2. The van der Waals surface area contributed by atoms with Gasteiger partial charge in [-0.2, -0.15) is 0 Å². The zero-order valence-electron chi connectivity index (χ0n) is 17.6. The predicted octanol–water partition coefficient (Wildman–Crippen LogP) is 3.22. The van der Waals surface area contributed by atoms with Crippen molar-refractivity contribution in [3.63, 3.8) is 0 Å². The van der Waals surface area contributed by atoms with E-state index in [0.29, 0.717) is 31.0 Å². The van der Waals surface area contributed by atoms with E-state index in [2.05, 4.69) is 17.4 Å². The number of anilines is 1. The van der Waals surface area contributed by atoms with Gasteiger partial charge in [0, 0.05) is 25.2 Å². The Labute approximate surface area is 177 Å². The molecule has 158 valence electrons. The standard InChI is InChI=1S/C24H28N2O4/c1-29-21-9-6-16(12-22(21)30-2)10-11-26-15-19(14-23(26)27)24(28)25-20-8-7-17-4-3-5-18(17)13-20/h6-9,12-13,19H,3-5,10-11,14-15H2,1-2H3,(H,25,28). The zero-order valence-corrected chi connectivity index (χ0v) is 17.6. The van der Waals surface area contributed by atoms with Crippen LogP contribution in [0.5, 0.6) is 11.5 Å². The Morgan fingerprint density at radius 1 is 1.07 bits per heavy atom. The number of rotatable bonds is 7. The van der Waals surface area contributed by atoms with E-state index < -0.39 is 0 Å². The summed E-state index contributed by atoms with van der Waals surface area (Å²) < 4.78 is 10.6. The summed E-state index contributed by atoms with van der Waals surface area (Å²) in [6, 6.07) is 11.9. The molecule has 1 unspecified atom stereocenters. The van der Waals surface area contributed by atoms with Gasteiger partial charge in [0.15, 0.2) is 11.5 Å². The van der Waals surface area contributed by atoms with Crippen molar-refractivity contribution in [1.82, 2.24) is 4.90 Å². The van der Waals surface area contributed by atoms with Gasteiger partial charge in [-0.3, -0.25) is 9.59 Å². The number of likely N-dealkylation sites (tertiary alicyclic amines) is 1. The summed E-state index contributed by atoms with van der Waals surface area (Å²) >= 11 is 0. The van der Waals surface area contributed by atoms with Gasteiger partial charge in [0.05, 0.1) is 20.1 Å². The van der Waals surface area contributed by atoms with Gasteiger partial charge in [-0.15, -0.1) is 0 Å². The molecule has 0 aromatic heterocycles. The lowest BCUT2D eigenvalue weighted by molar-refractivity contribution is -0.128. The normalized spacial score (nSPS) is 17.7.